The first-order valence-electron chi connectivity index (χ1n) is 7.08. The van der Waals surface area contributed by atoms with Crippen molar-refractivity contribution in [2.75, 3.05) is 32.2 Å². The third-order valence-corrected chi connectivity index (χ3v) is 3.76. The molecule has 0 spiro atoms. The van der Waals surface area contributed by atoms with Crippen LogP contribution in [0.4, 0.5) is 5.82 Å². The quantitative estimate of drug-likeness (QED) is 0.899. The van der Waals surface area contributed by atoms with Gasteiger partial charge in [-0.3, -0.25) is 0 Å². The molecule has 3 rings (SSSR count). The largest absolute Gasteiger partial charge is 0.481 e. The van der Waals surface area contributed by atoms with Gasteiger partial charge >= 0.3 is 0 Å². The predicted molar refractivity (Wildman–Crippen MR) is 81.8 cm³/mol. The minimum atomic E-state index is -0.832. The van der Waals surface area contributed by atoms with Crippen molar-refractivity contribution in [1.29, 1.82) is 0 Å². The fourth-order valence-corrected chi connectivity index (χ4v) is 2.60. The molecule has 0 saturated carbocycles. The lowest BCUT2D eigenvalue weighted by Crippen LogP contribution is -2.59. The van der Waals surface area contributed by atoms with E-state index in [1.54, 1.807) is 20.3 Å². The minimum Gasteiger partial charge on any atom is -0.481 e. The van der Waals surface area contributed by atoms with Crippen molar-refractivity contribution in [1.82, 2.24) is 9.97 Å². The van der Waals surface area contributed by atoms with Gasteiger partial charge in [-0.25, -0.2) is 4.98 Å². The molecule has 116 valence electrons. The molecular formula is C16H19N3O3. The molecule has 1 aromatic carbocycles. The van der Waals surface area contributed by atoms with Crippen LogP contribution in [0.15, 0.2) is 36.4 Å². The van der Waals surface area contributed by atoms with Crippen molar-refractivity contribution >= 4 is 5.82 Å². The van der Waals surface area contributed by atoms with E-state index >= 15 is 0 Å². The maximum Gasteiger partial charge on any atom is 0.218 e. The van der Waals surface area contributed by atoms with Crippen molar-refractivity contribution in [3.63, 3.8) is 0 Å². The number of nitrogens with zero attached hydrogens (tertiary/aromatic N) is 3. The summed E-state index contributed by atoms with van der Waals surface area (Å²) < 4.78 is 10.3. The third-order valence-electron chi connectivity index (χ3n) is 3.76. The Morgan fingerprint density at radius 1 is 1.18 bits per heavy atom. The van der Waals surface area contributed by atoms with Crippen LogP contribution in [-0.4, -0.2) is 42.4 Å². The van der Waals surface area contributed by atoms with Gasteiger partial charge in [0.05, 0.1) is 20.2 Å². The monoisotopic (exact) mass is 301 g/mol. The topological polar surface area (TPSA) is 67.7 Å². The SMILES string of the molecule is COCc1nc(OC)cc(N2CC(O)(c3ccccc3)C2)n1. The normalized spacial score (nSPS) is 16.2. The molecule has 6 heteroatoms. The van der Waals surface area contributed by atoms with Crippen molar-refractivity contribution in [3.8, 4) is 5.88 Å². The second-order valence-corrected chi connectivity index (χ2v) is 5.37. The Kier molecular flexibility index (Phi) is 3.96. The van der Waals surface area contributed by atoms with E-state index in [2.05, 4.69) is 9.97 Å². The van der Waals surface area contributed by atoms with E-state index in [0.717, 1.165) is 11.4 Å². The molecule has 1 N–H and O–H groups in total. The minimum absolute atomic E-state index is 0.320. The lowest BCUT2D eigenvalue weighted by molar-refractivity contribution is 0.00695. The summed E-state index contributed by atoms with van der Waals surface area (Å²) >= 11 is 0. The van der Waals surface area contributed by atoms with Gasteiger partial charge in [-0.15, -0.1) is 0 Å². The predicted octanol–water partition coefficient (Wildman–Crippen LogP) is 1.34. The summed E-state index contributed by atoms with van der Waals surface area (Å²) in [5, 5.41) is 10.7. The number of hydrogen-bond donors (Lipinski definition) is 1. The van der Waals surface area contributed by atoms with Crippen molar-refractivity contribution in [2.24, 2.45) is 0 Å². The first-order valence-corrected chi connectivity index (χ1v) is 7.08. The molecule has 0 radical (unpaired) electrons. The third kappa shape index (κ3) is 2.75. The molecule has 1 aromatic heterocycles. The fraction of sp³-hybridized carbons (Fsp3) is 0.375. The Morgan fingerprint density at radius 3 is 2.55 bits per heavy atom. The first-order chi connectivity index (χ1) is 10.6. The number of ether oxygens (including phenoxy) is 2. The summed E-state index contributed by atoms with van der Waals surface area (Å²) in [7, 11) is 3.17. The van der Waals surface area contributed by atoms with E-state index in [4.69, 9.17) is 9.47 Å². The molecule has 6 nitrogen and oxygen atoms in total. The molecule has 2 aromatic rings. The average molecular weight is 301 g/mol. The number of β-amino-alcohol motifs (C(OH)–C–C–N with tert-alkyl or cyclic N) is 1. The first kappa shape index (κ1) is 14.7. The van der Waals surface area contributed by atoms with Crippen LogP contribution in [0.5, 0.6) is 5.88 Å². The summed E-state index contributed by atoms with van der Waals surface area (Å²) in [5.41, 5.74) is 0.0883. The zero-order valence-corrected chi connectivity index (χ0v) is 12.7. The number of rotatable bonds is 5. The van der Waals surface area contributed by atoms with Crippen LogP contribution < -0.4 is 9.64 Å². The summed E-state index contributed by atoms with van der Waals surface area (Å²) in [6.45, 7) is 1.30. The second-order valence-electron chi connectivity index (χ2n) is 5.37. The Bertz CT molecular complexity index is 642. The van der Waals surface area contributed by atoms with Crippen LogP contribution in [-0.2, 0) is 16.9 Å². The molecule has 1 saturated heterocycles. The van der Waals surface area contributed by atoms with Gasteiger partial charge in [-0.1, -0.05) is 30.3 Å². The summed E-state index contributed by atoms with van der Waals surface area (Å²) in [4.78, 5) is 10.7. The molecule has 1 aliphatic heterocycles. The van der Waals surface area contributed by atoms with Gasteiger partial charge in [-0.05, 0) is 5.56 Å². The number of aliphatic hydroxyl groups is 1. The fourth-order valence-electron chi connectivity index (χ4n) is 2.60. The lowest BCUT2D eigenvalue weighted by Gasteiger charge is -2.47. The van der Waals surface area contributed by atoms with Gasteiger partial charge in [0.2, 0.25) is 5.88 Å². The van der Waals surface area contributed by atoms with Crippen LogP contribution >= 0.6 is 0 Å². The number of benzene rings is 1. The zero-order valence-electron chi connectivity index (χ0n) is 12.7. The van der Waals surface area contributed by atoms with Gasteiger partial charge in [0, 0.05) is 13.2 Å². The Morgan fingerprint density at radius 2 is 1.91 bits per heavy atom. The second kappa shape index (κ2) is 5.90. The van der Waals surface area contributed by atoms with E-state index in [0.29, 0.717) is 31.4 Å². The van der Waals surface area contributed by atoms with Crippen molar-refractivity contribution < 1.29 is 14.6 Å². The number of anilines is 1. The standard InChI is InChI=1S/C16H19N3O3/c1-21-9-13-17-14(8-15(18-13)22-2)19-10-16(20,11-19)12-6-4-3-5-7-12/h3-8,20H,9-11H2,1-2H3. The van der Waals surface area contributed by atoms with E-state index in [1.807, 2.05) is 35.2 Å². The van der Waals surface area contributed by atoms with Gasteiger partial charge in [0.1, 0.15) is 18.0 Å². The van der Waals surface area contributed by atoms with Gasteiger partial charge < -0.3 is 19.5 Å². The molecule has 1 aliphatic rings. The van der Waals surface area contributed by atoms with E-state index < -0.39 is 5.60 Å². The number of methoxy groups -OCH3 is 2. The van der Waals surface area contributed by atoms with E-state index in [9.17, 15) is 5.11 Å². The molecular weight excluding hydrogens is 282 g/mol. The Labute approximate surface area is 129 Å². The van der Waals surface area contributed by atoms with Crippen LogP contribution in [0.1, 0.15) is 11.4 Å². The summed E-state index contributed by atoms with van der Waals surface area (Å²) in [6, 6.07) is 11.4. The van der Waals surface area contributed by atoms with Crippen LogP contribution in [0.3, 0.4) is 0 Å². The molecule has 2 heterocycles. The van der Waals surface area contributed by atoms with Gasteiger partial charge in [0.25, 0.3) is 0 Å². The number of aromatic nitrogens is 2. The van der Waals surface area contributed by atoms with Gasteiger partial charge in [0.15, 0.2) is 5.82 Å². The summed E-state index contributed by atoms with van der Waals surface area (Å²) in [6.07, 6.45) is 0. The molecule has 0 bridgehead atoms. The van der Waals surface area contributed by atoms with E-state index in [-0.39, 0.29) is 0 Å². The highest BCUT2D eigenvalue weighted by atomic mass is 16.5. The average Bonchev–Trinajstić information content (AvgIpc) is 2.52. The zero-order chi connectivity index (χ0) is 15.6. The van der Waals surface area contributed by atoms with Crippen molar-refractivity contribution in [3.05, 3.63) is 47.8 Å². The Balaban J connectivity index is 1.78. The maximum atomic E-state index is 10.7. The smallest absolute Gasteiger partial charge is 0.218 e. The highest BCUT2D eigenvalue weighted by Crippen LogP contribution is 2.35. The van der Waals surface area contributed by atoms with Gasteiger partial charge in [-0.2, -0.15) is 4.98 Å². The van der Waals surface area contributed by atoms with Crippen molar-refractivity contribution in [2.45, 2.75) is 12.2 Å². The van der Waals surface area contributed by atoms with Crippen LogP contribution in [0.25, 0.3) is 0 Å². The lowest BCUT2D eigenvalue weighted by atomic mass is 9.86. The highest BCUT2D eigenvalue weighted by Gasteiger charge is 2.43. The molecule has 0 amide bonds. The van der Waals surface area contributed by atoms with E-state index in [1.165, 1.54) is 0 Å². The number of hydrogen-bond acceptors (Lipinski definition) is 6. The molecule has 1 fully saturated rings. The molecule has 0 unspecified atom stereocenters. The molecule has 0 atom stereocenters. The summed E-state index contributed by atoms with van der Waals surface area (Å²) in [5.74, 6) is 1.79. The maximum absolute atomic E-state index is 10.7. The molecule has 0 aliphatic carbocycles. The van der Waals surface area contributed by atoms with Crippen LogP contribution in [0, 0.1) is 0 Å². The highest BCUT2D eigenvalue weighted by molar-refractivity contribution is 5.48. The van der Waals surface area contributed by atoms with Crippen LogP contribution in [0.2, 0.25) is 0 Å². The Hall–Kier alpha value is -2.18. The molecule has 22 heavy (non-hydrogen) atoms.